The van der Waals surface area contributed by atoms with Gasteiger partial charge in [0, 0.05) is 50.7 Å². The van der Waals surface area contributed by atoms with E-state index in [1.165, 1.54) is 0 Å². The number of nitriles is 1. The lowest BCUT2D eigenvalue weighted by Crippen LogP contribution is -2.52. The SMILES string of the molecule is COc1cccc(N2CCN(c3nc(-c4cnn(C)c4)ncc3C#N)C(C)C2)c1. The minimum absolute atomic E-state index is 0.179. The summed E-state index contributed by atoms with van der Waals surface area (Å²) in [7, 11) is 3.53. The number of anilines is 2. The Balaban J connectivity index is 1.60. The maximum Gasteiger partial charge on any atom is 0.164 e. The summed E-state index contributed by atoms with van der Waals surface area (Å²) >= 11 is 0. The predicted molar refractivity (Wildman–Crippen MR) is 111 cm³/mol. The molecule has 8 nitrogen and oxygen atoms in total. The molecule has 29 heavy (non-hydrogen) atoms. The van der Waals surface area contributed by atoms with Crippen LogP contribution >= 0.6 is 0 Å². The summed E-state index contributed by atoms with van der Waals surface area (Å²) < 4.78 is 7.07. The van der Waals surface area contributed by atoms with Crippen molar-refractivity contribution >= 4 is 11.5 Å². The van der Waals surface area contributed by atoms with Gasteiger partial charge in [-0.25, -0.2) is 9.97 Å². The van der Waals surface area contributed by atoms with E-state index >= 15 is 0 Å². The van der Waals surface area contributed by atoms with Gasteiger partial charge in [0.1, 0.15) is 17.4 Å². The summed E-state index contributed by atoms with van der Waals surface area (Å²) in [4.78, 5) is 13.6. The largest absolute Gasteiger partial charge is 0.497 e. The van der Waals surface area contributed by atoms with Gasteiger partial charge in [-0.15, -0.1) is 0 Å². The number of nitrogens with zero attached hydrogens (tertiary/aromatic N) is 7. The van der Waals surface area contributed by atoms with E-state index in [0.29, 0.717) is 17.2 Å². The summed E-state index contributed by atoms with van der Waals surface area (Å²) in [6, 6.07) is 10.5. The number of piperazine rings is 1. The summed E-state index contributed by atoms with van der Waals surface area (Å²) in [6.07, 6.45) is 5.20. The highest BCUT2D eigenvalue weighted by Gasteiger charge is 2.27. The van der Waals surface area contributed by atoms with Crippen LogP contribution in [0, 0.1) is 11.3 Å². The molecule has 148 valence electrons. The predicted octanol–water partition coefficient (Wildman–Crippen LogP) is 2.47. The Hall–Kier alpha value is -3.60. The van der Waals surface area contributed by atoms with Crippen LogP contribution in [0.4, 0.5) is 11.5 Å². The third-order valence-corrected chi connectivity index (χ3v) is 5.17. The highest BCUT2D eigenvalue weighted by molar-refractivity contribution is 5.62. The second-order valence-electron chi connectivity index (χ2n) is 7.14. The van der Waals surface area contributed by atoms with Crippen molar-refractivity contribution in [3.05, 3.63) is 48.4 Å². The summed E-state index contributed by atoms with van der Waals surface area (Å²) in [5.41, 5.74) is 2.45. The van der Waals surface area contributed by atoms with Crippen molar-refractivity contribution in [1.82, 2.24) is 19.7 Å². The molecule has 0 saturated carbocycles. The number of ether oxygens (including phenoxy) is 1. The van der Waals surface area contributed by atoms with Gasteiger partial charge in [0.25, 0.3) is 0 Å². The lowest BCUT2D eigenvalue weighted by molar-refractivity contribution is 0.414. The van der Waals surface area contributed by atoms with E-state index in [-0.39, 0.29) is 6.04 Å². The van der Waals surface area contributed by atoms with Crippen molar-refractivity contribution in [1.29, 1.82) is 5.26 Å². The minimum Gasteiger partial charge on any atom is -0.497 e. The molecule has 0 amide bonds. The molecule has 1 aliphatic rings. The smallest absolute Gasteiger partial charge is 0.164 e. The zero-order chi connectivity index (χ0) is 20.4. The van der Waals surface area contributed by atoms with Crippen LogP contribution in [0.2, 0.25) is 0 Å². The van der Waals surface area contributed by atoms with Gasteiger partial charge in [-0.1, -0.05) is 6.07 Å². The first kappa shape index (κ1) is 18.7. The molecule has 3 heterocycles. The van der Waals surface area contributed by atoms with E-state index < -0.39 is 0 Å². The molecule has 4 rings (SSSR count). The number of methoxy groups -OCH3 is 1. The first-order chi connectivity index (χ1) is 14.1. The Morgan fingerprint density at radius 1 is 1.24 bits per heavy atom. The van der Waals surface area contributed by atoms with E-state index in [4.69, 9.17) is 9.72 Å². The molecule has 8 heteroatoms. The number of hydrogen-bond donors (Lipinski definition) is 0. The normalized spacial score (nSPS) is 16.6. The van der Waals surface area contributed by atoms with Gasteiger partial charge in [0.15, 0.2) is 11.6 Å². The van der Waals surface area contributed by atoms with E-state index in [1.54, 1.807) is 24.2 Å². The molecular weight excluding hydrogens is 366 g/mol. The van der Waals surface area contributed by atoms with Crippen molar-refractivity contribution in [2.24, 2.45) is 7.05 Å². The van der Waals surface area contributed by atoms with Gasteiger partial charge in [-0.2, -0.15) is 10.4 Å². The molecule has 1 saturated heterocycles. The van der Waals surface area contributed by atoms with Gasteiger partial charge in [-0.3, -0.25) is 4.68 Å². The molecule has 1 atom stereocenters. The summed E-state index contributed by atoms with van der Waals surface area (Å²) in [6.45, 7) is 4.56. The van der Waals surface area contributed by atoms with Crippen LogP contribution in [-0.4, -0.2) is 52.5 Å². The van der Waals surface area contributed by atoms with Gasteiger partial charge in [-0.05, 0) is 19.1 Å². The first-order valence-corrected chi connectivity index (χ1v) is 9.51. The van der Waals surface area contributed by atoms with Crippen LogP contribution < -0.4 is 14.5 Å². The van der Waals surface area contributed by atoms with Crippen LogP contribution in [0.5, 0.6) is 5.75 Å². The zero-order valence-corrected chi connectivity index (χ0v) is 16.8. The Morgan fingerprint density at radius 2 is 2.10 bits per heavy atom. The standard InChI is InChI=1S/C21H23N7O/c1-15-13-27(18-5-4-6-19(9-18)29-3)7-8-28(15)21-16(10-22)11-23-20(25-21)17-12-24-26(2)14-17/h4-6,9,11-12,14-15H,7-8,13H2,1-3H3. The van der Waals surface area contributed by atoms with Crippen LogP contribution in [0.1, 0.15) is 12.5 Å². The number of aromatic nitrogens is 4. The van der Waals surface area contributed by atoms with E-state index in [9.17, 15) is 5.26 Å². The van der Waals surface area contributed by atoms with Crippen molar-refractivity contribution in [3.63, 3.8) is 0 Å². The fourth-order valence-corrected chi connectivity index (χ4v) is 3.66. The zero-order valence-electron chi connectivity index (χ0n) is 16.8. The van der Waals surface area contributed by atoms with E-state index in [2.05, 4.69) is 38.9 Å². The van der Waals surface area contributed by atoms with Gasteiger partial charge in [0.2, 0.25) is 0 Å². The molecule has 0 spiro atoms. The molecule has 0 bridgehead atoms. The fourth-order valence-electron chi connectivity index (χ4n) is 3.66. The second-order valence-corrected chi connectivity index (χ2v) is 7.14. The highest BCUT2D eigenvalue weighted by Crippen LogP contribution is 2.28. The molecule has 1 unspecified atom stereocenters. The Bertz CT molecular complexity index is 1060. The lowest BCUT2D eigenvalue weighted by atomic mass is 10.1. The summed E-state index contributed by atoms with van der Waals surface area (Å²) in [5, 5.41) is 13.8. The van der Waals surface area contributed by atoms with Gasteiger partial charge >= 0.3 is 0 Å². The second kappa shape index (κ2) is 7.80. The first-order valence-electron chi connectivity index (χ1n) is 9.51. The maximum absolute atomic E-state index is 9.59. The highest BCUT2D eigenvalue weighted by atomic mass is 16.5. The molecular formula is C21H23N7O. The number of benzene rings is 1. The Morgan fingerprint density at radius 3 is 2.79 bits per heavy atom. The molecule has 1 aromatic carbocycles. The monoisotopic (exact) mass is 389 g/mol. The van der Waals surface area contributed by atoms with Crippen molar-refractivity contribution in [2.45, 2.75) is 13.0 Å². The topological polar surface area (TPSA) is 83.1 Å². The van der Waals surface area contributed by atoms with Crippen LogP contribution in [0.3, 0.4) is 0 Å². The third kappa shape index (κ3) is 3.72. The number of aryl methyl sites for hydroxylation is 1. The quantitative estimate of drug-likeness (QED) is 0.678. The fraction of sp³-hybridized carbons (Fsp3) is 0.333. The molecule has 3 aromatic rings. The number of hydrogen-bond acceptors (Lipinski definition) is 7. The van der Waals surface area contributed by atoms with E-state index in [0.717, 1.165) is 36.6 Å². The molecule has 0 N–H and O–H groups in total. The van der Waals surface area contributed by atoms with Crippen LogP contribution in [-0.2, 0) is 7.05 Å². The molecule has 2 aromatic heterocycles. The Labute approximate surface area is 170 Å². The van der Waals surface area contributed by atoms with Crippen LogP contribution in [0.15, 0.2) is 42.9 Å². The maximum atomic E-state index is 9.59. The van der Waals surface area contributed by atoms with Gasteiger partial charge < -0.3 is 14.5 Å². The Kier molecular flexibility index (Phi) is 5.04. The average molecular weight is 389 g/mol. The molecule has 1 aliphatic heterocycles. The van der Waals surface area contributed by atoms with Crippen molar-refractivity contribution < 1.29 is 4.74 Å². The summed E-state index contributed by atoms with van der Waals surface area (Å²) in [5.74, 6) is 2.11. The molecule has 0 radical (unpaired) electrons. The van der Waals surface area contributed by atoms with Crippen LogP contribution in [0.25, 0.3) is 11.4 Å². The number of rotatable bonds is 4. The molecule has 0 aliphatic carbocycles. The van der Waals surface area contributed by atoms with E-state index in [1.807, 2.05) is 31.4 Å². The van der Waals surface area contributed by atoms with Gasteiger partial charge in [0.05, 0.1) is 25.1 Å². The van der Waals surface area contributed by atoms with Crippen molar-refractivity contribution in [2.75, 3.05) is 36.5 Å². The average Bonchev–Trinajstić information content (AvgIpc) is 3.19. The molecule has 1 fully saturated rings. The van der Waals surface area contributed by atoms with Crippen molar-refractivity contribution in [3.8, 4) is 23.2 Å². The lowest BCUT2D eigenvalue weighted by Gasteiger charge is -2.42. The minimum atomic E-state index is 0.179. The third-order valence-electron chi connectivity index (χ3n) is 5.17.